The normalized spacial score (nSPS) is 16.3. The van der Waals surface area contributed by atoms with E-state index in [2.05, 4.69) is 10.2 Å². The molecule has 1 atom stereocenters. The van der Waals surface area contributed by atoms with Crippen LogP contribution in [0, 0.1) is 0 Å². The molecule has 7 heteroatoms. The number of nitrogens with zero attached hydrogens (tertiary/aromatic N) is 2. The zero-order chi connectivity index (χ0) is 18.5. The highest BCUT2D eigenvalue weighted by Crippen LogP contribution is 2.20. The first-order chi connectivity index (χ1) is 12.6. The van der Waals surface area contributed by atoms with Crippen molar-refractivity contribution in [1.29, 1.82) is 0 Å². The Balaban J connectivity index is 1.53. The fourth-order valence-electron chi connectivity index (χ4n) is 2.98. The summed E-state index contributed by atoms with van der Waals surface area (Å²) in [5.41, 5.74) is 0.820. The predicted octanol–water partition coefficient (Wildman–Crippen LogP) is 3.26. The standard InChI is InChI=1S/C19H23N3O2S2/c1-14(18(23)20-15-5-3-6-16(13-15)25-2)21-8-10-22(11-9-21)19(24)17-7-4-12-26-17/h3-7,12-14H,8-11H2,1-2H3,(H,20,23). The molecule has 1 aromatic heterocycles. The second kappa shape index (κ2) is 8.70. The van der Waals surface area contributed by atoms with Crippen LogP contribution < -0.4 is 5.32 Å². The van der Waals surface area contributed by atoms with E-state index in [9.17, 15) is 9.59 Å². The lowest BCUT2D eigenvalue weighted by Crippen LogP contribution is -2.53. The van der Waals surface area contributed by atoms with E-state index in [1.807, 2.05) is 59.9 Å². The lowest BCUT2D eigenvalue weighted by molar-refractivity contribution is -0.121. The molecular weight excluding hydrogens is 366 g/mol. The summed E-state index contributed by atoms with van der Waals surface area (Å²) >= 11 is 3.12. The Kier molecular flexibility index (Phi) is 6.34. The van der Waals surface area contributed by atoms with Crippen LogP contribution in [-0.4, -0.2) is 60.1 Å². The van der Waals surface area contributed by atoms with Gasteiger partial charge in [0.1, 0.15) is 0 Å². The van der Waals surface area contributed by atoms with E-state index in [0.717, 1.165) is 15.5 Å². The van der Waals surface area contributed by atoms with E-state index in [4.69, 9.17) is 0 Å². The first-order valence-corrected chi connectivity index (χ1v) is 10.7. The topological polar surface area (TPSA) is 52.7 Å². The molecule has 0 bridgehead atoms. The van der Waals surface area contributed by atoms with Crippen LogP contribution in [0.5, 0.6) is 0 Å². The van der Waals surface area contributed by atoms with Gasteiger partial charge >= 0.3 is 0 Å². The summed E-state index contributed by atoms with van der Waals surface area (Å²) in [7, 11) is 0. The SMILES string of the molecule is CSc1cccc(NC(=O)C(C)N2CCN(C(=O)c3cccs3)CC2)c1. The van der Waals surface area contributed by atoms with Crippen LogP contribution in [-0.2, 0) is 4.79 Å². The highest BCUT2D eigenvalue weighted by Gasteiger charge is 2.28. The minimum absolute atomic E-state index is 0.0127. The first kappa shape index (κ1) is 18.9. The Morgan fingerprint density at radius 1 is 1.15 bits per heavy atom. The smallest absolute Gasteiger partial charge is 0.264 e. The van der Waals surface area contributed by atoms with Crippen LogP contribution in [0.2, 0.25) is 0 Å². The molecule has 0 saturated carbocycles. The number of rotatable bonds is 5. The number of thioether (sulfide) groups is 1. The third-order valence-electron chi connectivity index (χ3n) is 4.60. The zero-order valence-electron chi connectivity index (χ0n) is 15.0. The summed E-state index contributed by atoms with van der Waals surface area (Å²) in [6, 6.07) is 11.4. The molecule has 1 aliphatic rings. The molecule has 0 aliphatic carbocycles. The third-order valence-corrected chi connectivity index (χ3v) is 6.18. The minimum atomic E-state index is -0.230. The molecule has 1 N–H and O–H groups in total. The first-order valence-electron chi connectivity index (χ1n) is 8.60. The van der Waals surface area contributed by atoms with Crippen molar-refractivity contribution in [2.75, 3.05) is 37.8 Å². The van der Waals surface area contributed by atoms with Crippen molar-refractivity contribution in [1.82, 2.24) is 9.80 Å². The zero-order valence-corrected chi connectivity index (χ0v) is 16.6. The summed E-state index contributed by atoms with van der Waals surface area (Å²) < 4.78 is 0. The Morgan fingerprint density at radius 3 is 2.58 bits per heavy atom. The van der Waals surface area contributed by atoms with Gasteiger partial charge in [0.15, 0.2) is 0 Å². The quantitative estimate of drug-likeness (QED) is 0.798. The van der Waals surface area contributed by atoms with Crippen molar-refractivity contribution in [2.24, 2.45) is 0 Å². The second-order valence-electron chi connectivity index (χ2n) is 6.20. The maximum absolute atomic E-state index is 12.6. The number of thiophene rings is 1. The largest absolute Gasteiger partial charge is 0.335 e. The van der Waals surface area contributed by atoms with Crippen LogP contribution in [0.15, 0.2) is 46.7 Å². The van der Waals surface area contributed by atoms with Gasteiger partial charge in [-0.2, -0.15) is 0 Å². The van der Waals surface area contributed by atoms with E-state index in [1.165, 1.54) is 11.3 Å². The molecule has 1 aromatic carbocycles. The van der Waals surface area contributed by atoms with Gasteiger partial charge in [-0.25, -0.2) is 0 Å². The maximum atomic E-state index is 12.6. The van der Waals surface area contributed by atoms with E-state index in [-0.39, 0.29) is 17.9 Å². The summed E-state index contributed by atoms with van der Waals surface area (Å²) in [6.07, 6.45) is 2.01. The molecule has 2 amide bonds. The van der Waals surface area contributed by atoms with Crippen molar-refractivity contribution in [3.63, 3.8) is 0 Å². The van der Waals surface area contributed by atoms with E-state index < -0.39 is 0 Å². The molecule has 26 heavy (non-hydrogen) atoms. The number of hydrogen-bond acceptors (Lipinski definition) is 5. The number of carbonyl (C=O) groups excluding carboxylic acids is 2. The van der Waals surface area contributed by atoms with E-state index >= 15 is 0 Å². The van der Waals surface area contributed by atoms with Crippen molar-refractivity contribution < 1.29 is 9.59 Å². The van der Waals surface area contributed by atoms with Gasteiger partial charge in [0.25, 0.3) is 5.91 Å². The summed E-state index contributed by atoms with van der Waals surface area (Å²) in [6.45, 7) is 4.63. The molecular formula is C19H23N3O2S2. The molecule has 1 fully saturated rings. The summed E-state index contributed by atoms with van der Waals surface area (Å²) in [4.78, 5) is 30.9. The molecule has 5 nitrogen and oxygen atoms in total. The van der Waals surface area contributed by atoms with Crippen molar-refractivity contribution in [3.05, 3.63) is 46.7 Å². The van der Waals surface area contributed by atoms with E-state index in [1.54, 1.807) is 11.8 Å². The molecule has 3 rings (SSSR count). The second-order valence-corrected chi connectivity index (χ2v) is 8.03. The highest BCUT2D eigenvalue weighted by molar-refractivity contribution is 7.98. The number of piperazine rings is 1. The number of amides is 2. The van der Waals surface area contributed by atoms with Gasteiger partial charge in [-0.15, -0.1) is 23.1 Å². The number of nitrogens with one attached hydrogen (secondary N) is 1. The predicted molar refractivity (Wildman–Crippen MR) is 108 cm³/mol. The van der Waals surface area contributed by atoms with Crippen molar-refractivity contribution in [2.45, 2.75) is 17.9 Å². The van der Waals surface area contributed by atoms with Gasteiger partial charge in [0, 0.05) is 36.8 Å². The van der Waals surface area contributed by atoms with Gasteiger partial charge in [-0.3, -0.25) is 14.5 Å². The third kappa shape index (κ3) is 4.47. The average Bonchev–Trinajstić information content (AvgIpc) is 3.22. The minimum Gasteiger partial charge on any atom is -0.335 e. The summed E-state index contributed by atoms with van der Waals surface area (Å²) in [5, 5.41) is 4.92. The molecule has 1 aliphatic heterocycles. The van der Waals surface area contributed by atoms with Crippen molar-refractivity contribution >= 4 is 40.6 Å². The fraction of sp³-hybridized carbons (Fsp3) is 0.368. The highest BCUT2D eigenvalue weighted by atomic mass is 32.2. The van der Waals surface area contributed by atoms with Crippen LogP contribution in [0.4, 0.5) is 5.69 Å². The lowest BCUT2D eigenvalue weighted by atomic mass is 10.2. The number of hydrogen-bond donors (Lipinski definition) is 1. The molecule has 1 unspecified atom stereocenters. The Morgan fingerprint density at radius 2 is 1.92 bits per heavy atom. The van der Waals surface area contributed by atoms with Gasteiger partial charge in [-0.05, 0) is 42.8 Å². The Hall–Kier alpha value is -1.83. The monoisotopic (exact) mass is 389 g/mol. The molecule has 0 spiro atoms. The van der Waals surface area contributed by atoms with Crippen LogP contribution in [0.3, 0.4) is 0 Å². The van der Waals surface area contributed by atoms with Crippen LogP contribution in [0.1, 0.15) is 16.6 Å². The number of benzene rings is 1. The van der Waals surface area contributed by atoms with Crippen molar-refractivity contribution in [3.8, 4) is 0 Å². The van der Waals surface area contributed by atoms with Crippen LogP contribution in [0.25, 0.3) is 0 Å². The number of anilines is 1. The lowest BCUT2D eigenvalue weighted by Gasteiger charge is -2.37. The summed E-state index contributed by atoms with van der Waals surface area (Å²) in [5.74, 6) is 0.0759. The molecule has 1 saturated heterocycles. The van der Waals surface area contributed by atoms with Crippen LogP contribution >= 0.6 is 23.1 Å². The Labute approximate surface area is 162 Å². The van der Waals surface area contributed by atoms with Gasteiger partial charge in [0.05, 0.1) is 10.9 Å². The van der Waals surface area contributed by atoms with Gasteiger partial charge < -0.3 is 10.2 Å². The average molecular weight is 390 g/mol. The molecule has 2 aromatic rings. The number of carbonyl (C=O) groups is 2. The Bertz CT molecular complexity index is 756. The van der Waals surface area contributed by atoms with Gasteiger partial charge in [-0.1, -0.05) is 12.1 Å². The van der Waals surface area contributed by atoms with E-state index in [0.29, 0.717) is 26.2 Å². The fourth-order valence-corrected chi connectivity index (χ4v) is 4.13. The maximum Gasteiger partial charge on any atom is 0.264 e. The van der Waals surface area contributed by atoms with Gasteiger partial charge in [0.2, 0.25) is 5.91 Å². The molecule has 138 valence electrons. The molecule has 0 radical (unpaired) electrons. The molecule has 2 heterocycles.